The van der Waals surface area contributed by atoms with Crippen molar-refractivity contribution in [1.29, 1.82) is 0 Å². The molecule has 0 unspecified atom stereocenters. The van der Waals surface area contributed by atoms with E-state index >= 15 is 0 Å². The van der Waals surface area contributed by atoms with Crippen molar-refractivity contribution in [3.8, 4) is 56.4 Å². The molecule has 0 N–H and O–H groups in total. The zero-order chi connectivity index (χ0) is 33.0. The van der Waals surface area contributed by atoms with E-state index in [2.05, 4.69) is 89.9 Å². The number of hydrogen-bond donors (Lipinski definition) is 0. The minimum atomic E-state index is 0.546. The molecule has 0 saturated carbocycles. The van der Waals surface area contributed by atoms with E-state index in [9.17, 15) is 0 Å². The third-order valence-corrected chi connectivity index (χ3v) is 10.4. The maximum Gasteiger partial charge on any atom is 0.167 e. The molecule has 0 aliphatic heterocycles. The summed E-state index contributed by atoms with van der Waals surface area (Å²) in [5, 5.41) is 4.62. The van der Waals surface area contributed by atoms with Gasteiger partial charge in [-0.25, -0.2) is 15.0 Å². The number of benzene rings is 6. The lowest BCUT2D eigenvalue weighted by Gasteiger charge is -2.13. The number of hydrogen-bond acceptors (Lipinski definition) is 6. The first-order valence-electron chi connectivity index (χ1n) is 16.5. The zero-order valence-electron chi connectivity index (χ0n) is 26.6. The van der Waals surface area contributed by atoms with Crippen molar-refractivity contribution >= 4 is 53.4 Å². The van der Waals surface area contributed by atoms with Gasteiger partial charge >= 0.3 is 0 Å². The van der Waals surface area contributed by atoms with Crippen molar-refractivity contribution in [2.24, 2.45) is 0 Å². The first-order valence-corrected chi connectivity index (χ1v) is 17.3. The van der Waals surface area contributed by atoms with Crippen molar-refractivity contribution in [3.63, 3.8) is 0 Å². The fourth-order valence-electron chi connectivity index (χ4n) is 6.92. The second kappa shape index (κ2) is 11.6. The average molecular weight is 659 g/mol. The van der Waals surface area contributed by atoms with Gasteiger partial charge in [0.15, 0.2) is 17.5 Å². The highest BCUT2D eigenvalue weighted by atomic mass is 32.1. The molecule has 0 spiro atoms. The van der Waals surface area contributed by atoms with Gasteiger partial charge in [-0.1, -0.05) is 109 Å². The summed E-state index contributed by atoms with van der Waals surface area (Å²) >= 11 is 1.83. The Balaban J connectivity index is 1.23. The van der Waals surface area contributed by atoms with Crippen molar-refractivity contribution < 1.29 is 4.42 Å². The largest absolute Gasteiger partial charge is 0.455 e. The van der Waals surface area contributed by atoms with E-state index in [1.54, 1.807) is 6.20 Å². The minimum Gasteiger partial charge on any atom is -0.455 e. The maximum atomic E-state index is 6.72. The molecule has 0 amide bonds. The van der Waals surface area contributed by atoms with E-state index in [0.717, 1.165) is 60.9 Å². The van der Waals surface area contributed by atoms with Gasteiger partial charge in [-0.2, -0.15) is 0 Å². The standard InChI is InChI=1S/C44H26N4OS/c1-2-11-27(12-3-1)42-46-43(33-16-5-4-14-30(33)29-13-10-24-45-26-29)48-44(47-42)35-22-21-31(40-34-17-6-8-18-37(34)49-41(35)40)28-20-23-39-36(25-28)32-15-7-9-19-38(32)50-39/h1-26H. The van der Waals surface area contributed by atoms with Crippen LogP contribution in [0.1, 0.15) is 0 Å². The molecule has 6 aromatic carbocycles. The quantitative estimate of drug-likeness (QED) is 0.184. The van der Waals surface area contributed by atoms with Crippen molar-refractivity contribution in [2.75, 3.05) is 0 Å². The Morgan fingerprint density at radius 1 is 0.440 bits per heavy atom. The van der Waals surface area contributed by atoms with Crippen molar-refractivity contribution in [2.45, 2.75) is 0 Å². The summed E-state index contributed by atoms with van der Waals surface area (Å²) in [5.41, 5.74) is 8.40. The van der Waals surface area contributed by atoms with Crippen LogP contribution >= 0.6 is 11.3 Å². The number of aromatic nitrogens is 4. The summed E-state index contributed by atoms with van der Waals surface area (Å²) in [6.45, 7) is 0. The topological polar surface area (TPSA) is 64.7 Å². The van der Waals surface area contributed by atoms with Gasteiger partial charge in [0, 0.05) is 60.0 Å². The van der Waals surface area contributed by atoms with Crippen LogP contribution in [0.25, 0.3) is 98.5 Å². The summed E-state index contributed by atoms with van der Waals surface area (Å²) in [6, 6.07) is 50.1. The predicted octanol–water partition coefficient (Wildman–Crippen LogP) is 11.9. The smallest absolute Gasteiger partial charge is 0.167 e. The Morgan fingerprint density at radius 2 is 1.12 bits per heavy atom. The molecule has 50 heavy (non-hydrogen) atoms. The fourth-order valence-corrected chi connectivity index (χ4v) is 8.01. The Bertz CT molecular complexity index is 2880. The van der Waals surface area contributed by atoms with Gasteiger partial charge < -0.3 is 4.42 Å². The van der Waals surface area contributed by atoms with E-state index < -0.39 is 0 Å². The maximum absolute atomic E-state index is 6.72. The molecule has 234 valence electrons. The SMILES string of the molecule is c1ccc(-c2nc(-c3ccccc3-c3cccnc3)nc(-c3ccc(-c4ccc5sc6ccccc6c5c4)c4c3oc3ccccc34)n2)cc1. The number of furan rings is 1. The second-order valence-corrected chi connectivity index (χ2v) is 13.3. The van der Waals surface area contributed by atoms with Crippen LogP contribution in [0.4, 0.5) is 0 Å². The Morgan fingerprint density at radius 3 is 1.98 bits per heavy atom. The Labute approximate surface area is 291 Å². The van der Waals surface area contributed by atoms with Gasteiger partial charge in [0.2, 0.25) is 0 Å². The molecule has 10 aromatic rings. The normalized spacial score (nSPS) is 11.6. The van der Waals surface area contributed by atoms with Gasteiger partial charge in [0.1, 0.15) is 11.2 Å². The molecule has 5 nitrogen and oxygen atoms in total. The van der Waals surface area contributed by atoms with Gasteiger partial charge in [0.25, 0.3) is 0 Å². The molecular formula is C44H26N4OS. The predicted molar refractivity (Wildman–Crippen MR) is 205 cm³/mol. The number of fused-ring (bicyclic) bond motifs is 6. The van der Waals surface area contributed by atoms with Crippen LogP contribution in [0.2, 0.25) is 0 Å². The molecular weight excluding hydrogens is 633 g/mol. The van der Waals surface area contributed by atoms with Crippen LogP contribution in [-0.2, 0) is 0 Å². The Hall–Kier alpha value is -6.50. The van der Waals surface area contributed by atoms with Crippen LogP contribution in [0.5, 0.6) is 0 Å². The minimum absolute atomic E-state index is 0.546. The van der Waals surface area contributed by atoms with Crippen LogP contribution in [0, 0.1) is 0 Å². The summed E-state index contributed by atoms with van der Waals surface area (Å²) < 4.78 is 9.29. The summed E-state index contributed by atoms with van der Waals surface area (Å²) in [6.07, 6.45) is 3.65. The summed E-state index contributed by atoms with van der Waals surface area (Å²) in [4.78, 5) is 19.7. The van der Waals surface area contributed by atoms with E-state index in [1.807, 2.05) is 78.2 Å². The van der Waals surface area contributed by atoms with Crippen LogP contribution in [0.3, 0.4) is 0 Å². The van der Waals surface area contributed by atoms with Gasteiger partial charge in [-0.15, -0.1) is 11.3 Å². The molecule has 6 heteroatoms. The lowest BCUT2D eigenvalue weighted by molar-refractivity contribution is 0.669. The number of pyridine rings is 1. The molecule has 0 aliphatic carbocycles. The molecule has 0 bridgehead atoms. The molecule has 0 fully saturated rings. The van der Waals surface area contributed by atoms with Crippen LogP contribution < -0.4 is 0 Å². The summed E-state index contributed by atoms with van der Waals surface area (Å²) in [5.74, 6) is 1.72. The number of para-hydroxylation sites is 1. The third-order valence-electron chi connectivity index (χ3n) is 9.26. The van der Waals surface area contributed by atoms with Gasteiger partial charge in [-0.05, 0) is 53.1 Å². The van der Waals surface area contributed by atoms with E-state index in [1.165, 1.54) is 20.2 Å². The first kappa shape index (κ1) is 28.5. The highest BCUT2D eigenvalue weighted by molar-refractivity contribution is 7.25. The van der Waals surface area contributed by atoms with E-state index in [4.69, 9.17) is 19.4 Å². The Kier molecular flexibility index (Phi) is 6.60. The molecule has 0 atom stereocenters. The molecule has 0 radical (unpaired) electrons. The number of nitrogens with zero attached hydrogens (tertiary/aromatic N) is 4. The molecule has 4 heterocycles. The fraction of sp³-hybridized carbons (Fsp3) is 0. The van der Waals surface area contributed by atoms with Crippen molar-refractivity contribution in [3.05, 3.63) is 158 Å². The number of thiophene rings is 1. The molecule has 0 aliphatic rings. The lowest BCUT2D eigenvalue weighted by atomic mass is 9.95. The van der Waals surface area contributed by atoms with Crippen LogP contribution in [-0.4, -0.2) is 19.9 Å². The second-order valence-electron chi connectivity index (χ2n) is 12.2. The molecule has 4 aromatic heterocycles. The highest BCUT2D eigenvalue weighted by Gasteiger charge is 2.22. The monoisotopic (exact) mass is 658 g/mol. The van der Waals surface area contributed by atoms with E-state index in [-0.39, 0.29) is 0 Å². The number of rotatable bonds is 5. The summed E-state index contributed by atoms with van der Waals surface area (Å²) in [7, 11) is 0. The first-order chi connectivity index (χ1) is 24.8. The van der Waals surface area contributed by atoms with Gasteiger partial charge in [-0.3, -0.25) is 4.98 Å². The third kappa shape index (κ3) is 4.69. The average Bonchev–Trinajstić information content (AvgIpc) is 3.77. The van der Waals surface area contributed by atoms with Crippen molar-refractivity contribution in [1.82, 2.24) is 19.9 Å². The lowest BCUT2D eigenvalue weighted by Crippen LogP contribution is -2.01. The molecule has 0 saturated heterocycles. The molecule has 10 rings (SSSR count). The highest BCUT2D eigenvalue weighted by Crippen LogP contribution is 2.44. The van der Waals surface area contributed by atoms with Crippen LogP contribution in [0.15, 0.2) is 162 Å². The zero-order valence-corrected chi connectivity index (χ0v) is 27.4. The van der Waals surface area contributed by atoms with Gasteiger partial charge in [0.05, 0.1) is 5.56 Å². The van der Waals surface area contributed by atoms with E-state index in [0.29, 0.717) is 17.5 Å².